The minimum absolute atomic E-state index is 0. The fraction of sp³-hybridized carbons (Fsp3) is 0. The van der Waals surface area contributed by atoms with Crippen LogP contribution < -0.4 is 18.9 Å². The van der Waals surface area contributed by atoms with Crippen molar-refractivity contribution < 1.29 is 27.6 Å². The van der Waals surface area contributed by atoms with Crippen LogP contribution in [0.3, 0.4) is 0 Å². The molecule has 1 aromatic rings. The van der Waals surface area contributed by atoms with Gasteiger partial charge in [0.1, 0.15) is 0 Å². The summed E-state index contributed by atoms with van der Waals surface area (Å²) in [5.41, 5.74) is 0. The molecule has 5 heteroatoms. The predicted molar refractivity (Wildman–Crippen MR) is 41.3 cm³/mol. The van der Waals surface area contributed by atoms with E-state index in [0.717, 1.165) is 4.47 Å². The van der Waals surface area contributed by atoms with Crippen LogP contribution in [0.15, 0.2) is 33.6 Å². The Labute approximate surface area is 88.0 Å². The molecule has 0 N–H and O–H groups in total. The zero-order valence-corrected chi connectivity index (χ0v) is 8.31. The fourth-order valence-corrected chi connectivity index (χ4v) is 1.17. The first-order valence-electron chi connectivity index (χ1n) is 2.55. The van der Waals surface area contributed by atoms with Gasteiger partial charge in [0.05, 0.1) is 0 Å². The quantitative estimate of drug-likeness (QED) is 0.441. The number of hydrogen-bond acceptors (Lipinski definition) is 2. The van der Waals surface area contributed by atoms with Gasteiger partial charge in [0.2, 0.25) is 0 Å². The summed E-state index contributed by atoms with van der Waals surface area (Å²) in [6.07, 6.45) is 0. The standard InChI is InChI=1S/C6H5BrO2S.Li/c7-5-1-3-6(4-2-5)10(8)9;/h1-4H,(H,8,9);/q;+1/p-1. The molecule has 54 valence electrons. The molecule has 0 bridgehead atoms. The van der Waals surface area contributed by atoms with Crippen LogP contribution in [0.4, 0.5) is 0 Å². The van der Waals surface area contributed by atoms with Crippen molar-refractivity contribution in [3.63, 3.8) is 0 Å². The van der Waals surface area contributed by atoms with Crippen LogP contribution >= 0.6 is 15.9 Å². The molecule has 0 saturated heterocycles. The molecule has 0 saturated carbocycles. The number of rotatable bonds is 1. The van der Waals surface area contributed by atoms with Crippen molar-refractivity contribution in [1.29, 1.82) is 0 Å². The third kappa shape index (κ3) is 3.54. The van der Waals surface area contributed by atoms with Crippen LogP contribution in [0.5, 0.6) is 0 Å². The SMILES string of the molecule is O=S([O-])c1ccc(Br)cc1.[Li+]. The van der Waals surface area contributed by atoms with E-state index in [4.69, 9.17) is 0 Å². The second kappa shape index (κ2) is 5.12. The Hall–Kier alpha value is 0.407. The fourth-order valence-electron chi connectivity index (χ4n) is 0.546. The third-order valence-corrected chi connectivity index (χ3v) is 2.19. The first kappa shape index (κ1) is 11.4. The summed E-state index contributed by atoms with van der Waals surface area (Å²) >= 11 is 1.09. The Balaban J connectivity index is 0.000001000. The van der Waals surface area contributed by atoms with Crippen molar-refractivity contribution in [2.24, 2.45) is 0 Å². The van der Waals surface area contributed by atoms with Gasteiger partial charge in [0.15, 0.2) is 0 Å². The maximum absolute atomic E-state index is 10.3. The maximum Gasteiger partial charge on any atom is 1.00 e. The Bertz CT molecular complexity index is 249. The van der Waals surface area contributed by atoms with E-state index in [1.54, 1.807) is 12.1 Å². The van der Waals surface area contributed by atoms with Gasteiger partial charge in [0.25, 0.3) is 0 Å². The van der Waals surface area contributed by atoms with E-state index in [2.05, 4.69) is 15.9 Å². The summed E-state index contributed by atoms with van der Waals surface area (Å²) in [5, 5.41) is 0. The van der Waals surface area contributed by atoms with Crippen molar-refractivity contribution in [2.75, 3.05) is 0 Å². The molecule has 1 rings (SSSR count). The van der Waals surface area contributed by atoms with Crippen LogP contribution in [0.25, 0.3) is 0 Å². The average Bonchev–Trinajstić information content (AvgIpc) is 1.88. The molecule has 2 nitrogen and oxygen atoms in total. The summed E-state index contributed by atoms with van der Waals surface area (Å²) < 4.78 is 21.5. The molecular weight excluding hydrogens is 223 g/mol. The van der Waals surface area contributed by atoms with Crippen molar-refractivity contribution in [3.05, 3.63) is 28.7 Å². The van der Waals surface area contributed by atoms with Gasteiger partial charge in [-0.05, 0) is 35.3 Å². The van der Waals surface area contributed by atoms with E-state index in [1.807, 2.05) is 0 Å². The van der Waals surface area contributed by atoms with E-state index in [9.17, 15) is 8.76 Å². The topological polar surface area (TPSA) is 40.1 Å². The van der Waals surface area contributed by atoms with Gasteiger partial charge >= 0.3 is 18.9 Å². The van der Waals surface area contributed by atoms with E-state index in [1.165, 1.54) is 12.1 Å². The van der Waals surface area contributed by atoms with Crippen LogP contribution in [0, 0.1) is 0 Å². The Morgan fingerprint density at radius 2 is 1.73 bits per heavy atom. The molecule has 0 aliphatic carbocycles. The predicted octanol–water partition coefficient (Wildman–Crippen LogP) is -1.31. The summed E-state index contributed by atoms with van der Waals surface area (Å²) in [7, 11) is 0. The molecule has 0 aliphatic heterocycles. The average molecular weight is 227 g/mol. The second-order valence-electron chi connectivity index (χ2n) is 1.69. The van der Waals surface area contributed by atoms with Crippen LogP contribution in [0.2, 0.25) is 0 Å². The summed E-state index contributed by atoms with van der Waals surface area (Å²) in [5.74, 6) is 0. The number of halogens is 1. The number of hydrogen-bond donors (Lipinski definition) is 0. The van der Waals surface area contributed by atoms with Crippen molar-refractivity contribution in [1.82, 2.24) is 0 Å². The summed E-state index contributed by atoms with van der Waals surface area (Å²) in [4.78, 5) is 0.309. The van der Waals surface area contributed by atoms with E-state index in [0.29, 0.717) is 4.90 Å². The first-order valence-corrected chi connectivity index (χ1v) is 4.42. The van der Waals surface area contributed by atoms with Gasteiger partial charge in [-0.2, -0.15) is 0 Å². The van der Waals surface area contributed by atoms with E-state index < -0.39 is 11.1 Å². The van der Waals surface area contributed by atoms with Gasteiger partial charge in [-0.25, -0.2) is 0 Å². The Kier molecular flexibility index (Phi) is 5.31. The largest absolute Gasteiger partial charge is 1.00 e. The van der Waals surface area contributed by atoms with Crippen molar-refractivity contribution in [2.45, 2.75) is 4.90 Å². The molecule has 0 radical (unpaired) electrons. The zero-order chi connectivity index (χ0) is 7.56. The molecule has 0 aromatic heterocycles. The van der Waals surface area contributed by atoms with Gasteiger partial charge < -0.3 is 4.55 Å². The van der Waals surface area contributed by atoms with E-state index >= 15 is 0 Å². The van der Waals surface area contributed by atoms with Gasteiger partial charge in [-0.3, -0.25) is 4.21 Å². The molecule has 0 heterocycles. The van der Waals surface area contributed by atoms with Crippen molar-refractivity contribution >= 4 is 27.0 Å². The van der Waals surface area contributed by atoms with Gasteiger partial charge in [-0.1, -0.05) is 15.9 Å². The normalized spacial score (nSPS) is 11.8. The number of benzene rings is 1. The monoisotopic (exact) mass is 226 g/mol. The Morgan fingerprint density at radius 3 is 2.09 bits per heavy atom. The minimum atomic E-state index is -2.11. The van der Waals surface area contributed by atoms with Gasteiger partial charge in [0, 0.05) is 9.37 Å². The summed E-state index contributed by atoms with van der Waals surface area (Å²) in [6, 6.07) is 6.44. The van der Waals surface area contributed by atoms with Crippen LogP contribution in [-0.2, 0) is 11.1 Å². The second-order valence-corrected chi connectivity index (χ2v) is 3.55. The molecule has 0 fully saturated rings. The molecule has 0 aliphatic rings. The van der Waals surface area contributed by atoms with E-state index in [-0.39, 0.29) is 18.9 Å². The molecule has 0 amide bonds. The maximum atomic E-state index is 10.3. The zero-order valence-electron chi connectivity index (χ0n) is 5.91. The molecule has 1 unspecified atom stereocenters. The van der Waals surface area contributed by atoms with Crippen LogP contribution in [0.1, 0.15) is 0 Å². The minimum Gasteiger partial charge on any atom is -0.768 e. The molecular formula is C6H4BrLiO2S. The first-order chi connectivity index (χ1) is 4.70. The molecule has 11 heavy (non-hydrogen) atoms. The summed E-state index contributed by atoms with van der Waals surface area (Å²) in [6.45, 7) is 0. The molecule has 0 spiro atoms. The smallest absolute Gasteiger partial charge is 0.768 e. The molecule has 1 atom stereocenters. The Morgan fingerprint density at radius 1 is 1.27 bits per heavy atom. The van der Waals surface area contributed by atoms with Gasteiger partial charge in [-0.15, -0.1) is 0 Å². The molecule has 1 aromatic carbocycles. The van der Waals surface area contributed by atoms with Crippen molar-refractivity contribution in [3.8, 4) is 0 Å². The third-order valence-electron chi connectivity index (χ3n) is 1.01. The van der Waals surface area contributed by atoms with Crippen LogP contribution in [-0.4, -0.2) is 8.76 Å².